The van der Waals surface area contributed by atoms with Crippen molar-refractivity contribution in [2.24, 2.45) is 5.92 Å². The molecule has 0 heterocycles. The van der Waals surface area contributed by atoms with Crippen molar-refractivity contribution in [2.75, 3.05) is 0 Å². The van der Waals surface area contributed by atoms with Crippen LogP contribution in [0.2, 0.25) is 0 Å². The minimum Gasteiger partial charge on any atom is -0.0636 e. The average Bonchev–Trinajstić information content (AvgIpc) is 3.22. The zero-order valence-corrected chi connectivity index (χ0v) is 24.9. The highest BCUT2D eigenvalue weighted by Gasteiger charge is 2.48. The lowest BCUT2D eigenvalue weighted by Gasteiger charge is -2.39. The molecule has 0 nitrogen and oxygen atoms in total. The van der Waals surface area contributed by atoms with E-state index < -0.39 is 8.07 Å². The van der Waals surface area contributed by atoms with Gasteiger partial charge in [0.15, 0.2) is 8.07 Å². The molecule has 1 aliphatic rings. The fraction of sp³-hybridized carbons (Fsp3) is 0.128. The Bertz CT molecular complexity index is 1630. The maximum atomic E-state index is 2.49. The van der Waals surface area contributed by atoms with Crippen molar-refractivity contribution in [3.8, 4) is 22.3 Å². The second-order valence-electron chi connectivity index (χ2n) is 11.1. The van der Waals surface area contributed by atoms with Gasteiger partial charge in [0.05, 0.1) is 0 Å². The molecule has 0 amide bonds. The van der Waals surface area contributed by atoms with Crippen LogP contribution in [0, 0.1) is 5.92 Å². The standard InChI is InChI=1S/C39H36Si/c1-28-29(2)31(4)39(30(28)3)40(36-22-12-7-13-23-36,37-24-14-20-34(26-37)32-16-8-5-9-17-32)38-25-15-21-35(27-38)33-18-10-6-11-19-33/h5-27,30H,1-4H3. The van der Waals surface area contributed by atoms with E-state index >= 15 is 0 Å². The Balaban J connectivity index is 1.72. The van der Waals surface area contributed by atoms with Gasteiger partial charge in [0.25, 0.3) is 0 Å². The van der Waals surface area contributed by atoms with Crippen molar-refractivity contribution in [3.63, 3.8) is 0 Å². The first kappa shape index (κ1) is 26.0. The van der Waals surface area contributed by atoms with E-state index in [1.54, 1.807) is 5.20 Å². The molecule has 0 bridgehead atoms. The molecule has 0 radical (unpaired) electrons. The number of allylic oxidation sites excluding steroid dienone is 4. The van der Waals surface area contributed by atoms with Gasteiger partial charge in [0.2, 0.25) is 0 Å². The monoisotopic (exact) mass is 532 g/mol. The van der Waals surface area contributed by atoms with Gasteiger partial charge in [-0.1, -0.05) is 163 Å². The van der Waals surface area contributed by atoms with Crippen LogP contribution in [0.25, 0.3) is 22.3 Å². The lowest BCUT2D eigenvalue weighted by atomic mass is 10.1. The fourth-order valence-corrected chi connectivity index (χ4v) is 12.4. The van der Waals surface area contributed by atoms with Crippen LogP contribution in [0.15, 0.2) is 161 Å². The van der Waals surface area contributed by atoms with Gasteiger partial charge >= 0.3 is 0 Å². The highest BCUT2D eigenvalue weighted by Crippen LogP contribution is 2.41. The zero-order chi connectivity index (χ0) is 27.7. The lowest BCUT2D eigenvalue weighted by molar-refractivity contribution is 0.851. The van der Waals surface area contributed by atoms with Crippen LogP contribution in [-0.2, 0) is 0 Å². The first-order chi connectivity index (χ1) is 19.5. The molecule has 1 heteroatoms. The summed E-state index contributed by atoms with van der Waals surface area (Å²) >= 11 is 0. The van der Waals surface area contributed by atoms with E-state index in [2.05, 4.69) is 167 Å². The third-order valence-electron chi connectivity index (χ3n) is 9.06. The van der Waals surface area contributed by atoms with E-state index in [1.807, 2.05) is 0 Å². The number of hydrogen-bond donors (Lipinski definition) is 0. The predicted octanol–water partition coefficient (Wildman–Crippen LogP) is 8.33. The van der Waals surface area contributed by atoms with E-state index in [9.17, 15) is 0 Å². The minimum atomic E-state index is -2.69. The number of rotatable bonds is 6. The highest BCUT2D eigenvalue weighted by molar-refractivity contribution is 7.16. The third-order valence-corrected chi connectivity index (χ3v) is 14.2. The summed E-state index contributed by atoms with van der Waals surface area (Å²) in [5.74, 6) is 0.382. The minimum absolute atomic E-state index is 0.382. The smallest absolute Gasteiger partial charge is 0.0636 e. The molecule has 5 aromatic carbocycles. The maximum Gasteiger partial charge on any atom is 0.176 e. The first-order valence-corrected chi connectivity index (χ1v) is 16.3. The highest BCUT2D eigenvalue weighted by atomic mass is 28.3. The van der Waals surface area contributed by atoms with Gasteiger partial charge in [-0.3, -0.25) is 0 Å². The summed E-state index contributed by atoms with van der Waals surface area (Å²) < 4.78 is 0. The summed E-state index contributed by atoms with van der Waals surface area (Å²) in [7, 11) is -2.69. The third kappa shape index (κ3) is 4.31. The van der Waals surface area contributed by atoms with Crippen molar-refractivity contribution in [1.29, 1.82) is 0 Å². The molecule has 196 valence electrons. The van der Waals surface area contributed by atoms with Crippen molar-refractivity contribution in [2.45, 2.75) is 27.7 Å². The van der Waals surface area contributed by atoms with E-state index in [1.165, 1.54) is 54.5 Å². The van der Waals surface area contributed by atoms with Gasteiger partial charge in [-0.2, -0.15) is 0 Å². The molecular formula is C39H36Si. The molecule has 0 fully saturated rings. The van der Waals surface area contributed by atoms with Gasteiger partial charge < -0.3 is 0 Å². The molecule has 0 aliphatic heterocycles. The maximum absolute atomic E-state index is 2.69. The van der Waals surface area contributed by atoms with Crippen molar-refractivity contribution in [3.05, 3.63) is 161 Å². The summed E-state index contributed by atoms with van der Waals surface area (Å²) in [4.78, 5) is 0. The van der Waals surface area contributed by atoms with Gasteiger partial charge in [-0.05, 0) is 70.1 Å². The van der Waals surface area contributed by atoms with Gasteiger partial charge in [-0.15, -0.1) is 0 Å². The Morgan fingerprint density at radius 2 is 0.825 bits per heavy atom. The second-order valence-corrected chi connectivity index (χ2v) is 14.8. The van der Waals surface area contributed by atoms with Crippen LogP contribution in [0.3, 0.4) is 0 Å². The Hall–Kier alpha value is -4.20. The SMILES string of the molecule is CC1=C(C)C(C)C([Si](c2ccccc2)(c2cccc(-c3ccccc3)c2)c2cccc(-c3ccccc3)c2)=C1C. The summed E-state index contributed by atoms with van der Waals surface area (Å²) in [5.41, 5.74) is 9.48. The summed E-state index contributed by atoms with van der Waals surface area (Å²) in [6.45, 7) is 9.45. The predicted molar refractivity (Wildman–Crippen MR) is 175 cm³/mol. The van der Waals surface area contributed by atoms with Gasteiger partial charge in [-0.25, -0.2) is 0 Å². The van der Waals surface area contributed by atoms with Gasteiger partial charge in [0.1, 0.15) is 0 Å². The van der Waals surface area contributed by atoms with Crippen LogP contribution < -0.4 is 15.6 Å². The van der Waals surface area contributed by atoms with Crippen molar-refractivity contribution >= 4 is 23.6 Å². The molecule has 0 saturated carbocycles. The average molecular weight is 533 g/mol. The van der Waals surface area contributed by atoms with E-state index in [0.717, 1.165) is 0 Å². The molecule has 40 heavy (non-hydrogen) atoms. The fourth-order valence-electron chi connectivity index (χ4n) is 6.75. The molecule has 5 aromatic rings. The quantitative estimate of drug-likeness (QED) is 0.152. The zero-order valence-electron chi connectivity index (χ0n) is 23.9. The molecule has 1 aliphatic carbocycles. The molecule has 1 unspecified atom stereocenters. The molecule has 0 saturated heterocycles. The van der Waals surface area contributed by atoms with Crippen molar-refractivity contribution < 1.29 is 0 Å². The molecule has 6 rings (SSSR count). The topological polar surface area (TPSA) is 0 Å². The van der Waals surface area contributed by atoms with Crippen LogP contribution in [0.1, 0.15) is 27.7 Å². The summed E-state index contributed by atoms with van der Waals surface area (Å²) in [5, 5.41) is 5.93. The molecular weight excluding hydrogens is 497 g/mol. The van der Waals surface area contributed by atoms with Crippen LogP contribution in [-0.4, -0.2) is 8.07 Å². The second kappa shape index (κ2) is 10.8. The van der Waals surface area contributed by atoms with E-state index in [4.69, 9.17) is 0 Å². The van der Waals surface area contributed by atoms with Crippen LogP contribution >= 0.6 is 0 Å². The Kier molecular flexibility index (Phi) is 7.00. The molecule has 0 spiro atoms. The summed E-state index contributed by atoms with van der Waals surface area (Å²) in [6, 6.07) is 51.8. The number of benzene rings is 5. The molecule has 0 aromatic heterocycles. The molecule has 0 N–H and O–H groups in total. The van der Waals surface area contributed by atoms with Gasteiger partial charge in [0, 0.05) is 0 Å². The van der Waals surface area contributed by atoms with Crippen molar-refractivity contribution in [1.82, 2.24) is 0 Å². The van der Waals surface area contributed by atoms with E-state index in [0.29, 0.717) is 5.92 Å². The van der Waals surface area contributed by atoms with Crippen LogP contribution in [0.4, 0.5) is 0 Å². The normalized spacial score (nSPS) is 15.6. The lowest BCUT2D eigenvalue weighted by Crippen LogP contribution is -2.69. The Morgan fingerprint density at radius 1 is 0.425 bits per heavy atom. The van der Waals surface area contributed by atoms with Crippen LogP contribution in [0.5, 0.6) is 0 Å². The summed E-state index contributed by atoms with van der Waals surface area (Å²) in [6.07, 6.45) is 0. The Labute approximate surface area is 240 Å². The Morgan fingerprint density at radius 3 is 1.25 bits per heavy atom. The largest absolute Gasteiger partial charge is 0.176 e. The van der Waals surface area contributed by atoms with E-state index in [-0.39, 0.29) is 0 Å². The first-order valence-electron chi connectivity index (χ1n) is 14.3. The molecule has 1 atom stereocenters. The number of hydrogen-bond acceptors (Lipinski definition) is 0.